The molecule has 0 saturated heterocycles. The Bertz CT molecular complexity index is 499. The molecule has 2 aromatic rings. The number of imidazole rings is 1. The van der Waals surface area contributed by atoms with Crippen LogP contribution in [0.5, 0.6) is 0 Å². The predicted molar refractivity (Wildman–Crippen MR) is 66.2 cm³/mol. The van der Waals surface area contributed by atoms with E-state index in [-0.39, 0.29) is 5.91 Å². The Morgan fingerprint density at radius 3 is 2.88 bits per heavy atom. The van der Waals surface area contributed by atoms with Crippen molar-refractivity contribution in [1.82, 2.24) is 14.9 Å². The molecule has 2 rings (SSSR count). The van der Waals surface area contributed by atoms with E-state index in [9.17, 15) is 4.79 Å². The van der Waals surface area contributed by atoms with Crippen LogP contribution in [-0.2, 0) is 11.3 Å². The van der Waals surface area contributed by atoms with Gasteiger partial charge in [-0.05, 0) is 19.1 Å². The molecule has 1 atom stereocenters. The molecule has 0 spiro atoms. The summed E-state index contributed by atoms with van der Waals surface area (Å²) in [6.07, 6.45) is 0. The first kappa shape index (κ1) is 11.6. The molecule has 1 unspecified atom stereocenters. The fraction of sp³-hybridized carbons (Fsp3) is 0.333. The smallest absolute Gasteiger partial charge is 0.239 e. The van der Waals surface area contributed by atoms with E-state index in [4.69, 9.17) is 5.73 Å². The van der Waals surface area contributed by atoms with Crippen molar-refractivity contribution in [2.24, 2.45) is 5.73 Å². The van der Waals surface area contributed by atoms with Crippen molar-refractivity contribution in [3.05, 3.63) is 30.1 Å². The molecule has 0 aliphatic carbocycles. The first-order valence-electron chi connectivity index (χ1n) is 5.52. The minimum atomic E-state index is -0.482. The molecule has 0 aliphatic rings. The minimum Gasteiger partial charge on any atom is -0.340 e. The lowest BCUT2D eigenvalue weighted by Gasteiger charge is -2.17. The number of nitrogens with two attached hydrogens (primary N) is 1. The number of carbonyl (C=O) groups is 1. The Balaban J connectivity index is 2.16. The van der Waals surface area contributed by atoms with Crippen molar-refractivity contribution in [1.29, 1.82) is 0 Å². The number of hydrogen-bond acceptors (Lipinski definition) is 3. The zero-order valence-corrected chi connectivity index (χ0v) is 9.97. The lowest BCUT2D eigenvalue weighted by atomic mass is 10.3. The fourth-order valence-corrected chi connectivity index (χ4v) is 1.73. The van der Waals surface area contributed by atoms with Crippen LogP contribution < -0.4 is 5.73 Å². The van der Waals surface area contributed by atoms with Gasteiger partial charge in [0.1, 0.15) is 5.82 Å². The van der Waals surface area contributed by atoms with E-state index >= 15 is 0 Å². The predicted octanol–water partition coefficient (Wildman–Crippen LogP) is 0.868. The Morgan fingerprint density at radius 1 is 1.53 bits per heavy atom. The van der Waals surface area contributed by atoms with E-state index in [1.807, 2.05) is 24.3 Å². The number of nitrogens with one attached hydrogen (secondary N) is 1. The van der Waals surface area contributed by atoms with E-state index in [1.54, 1.807) is 18.9 Å². The van der Waals surface area contributed by atoms with Crippen molar-refractivity contribution in [3.8, 4) is 0 Å². The second-order valence-corrected chi connectivity index (χ2v) is 4.18. The second-order valence-electron chi connectivity index (χ2n) is 4.18. The highest BCUT2D eigenvalue weighted by molar-refractivity contribution is 5.81. The van der Waals surface area contributed by atoms with Crippen LogP contribution in [-0.4, -0.2) is 33.9 Å². The van der Waals surface area contributed by atoms with Crippen LogP contribution in [0.2, 0.25) is 0 Å². The van der Waals surface area contributed by atoms with Crippen LogP contribution in [0, 0.1) is 0 Å². The van der Waals surface area contributed by atoms with E-state index in [1.165, 1.54) is 0 Å². The molecular weight excluding hydrogens is 216 g/mol. The van der Waals surface area contributed by atoms with Crippen LogP contribution in [0.15, 0.2) is 24.3 Å². The SMILES string of the molecule is CC(N)C(=O)N(C)Cc1nc2ccccc2[nH]1. The van der Waals surface area contributed by atoms with Gasteiger partial charge in [0.25, 0.3) is 0 Å². The molecule has 5 nitrogen and oxygen atoms in total. The third kappa shape index (κ3) is 2.45. The molecule has 0 fully saturated rings. The summed E-state index contributed by atoms with van der Waals surface area (Å²) in [4.78, 5) is 20.8. The molecule has 1 amide bonds. The maximum Gasteiger partial charge on any atom is 0.239 e. The average Bonchev–Trinajstić information content (AvgIpc) is 2.69. The van der Waals surface area contributed by atoms with E-state index in [0.717, 1.165) is 16.9 Å². The van der Waals surface area contributed by atoms with Crippen LogP contribution in [0.1, 0.15) is 12.7 Å². The summed E-state index contributed by atoms with van der Waals surface area (Å²) >= 11 is 0. The number of benzene rings is 1. The third-order valence-corrected chi connectivity index (χ3v) is 2.59. The van der Waals surface area contributed by atoms with Gasteiger partial charge in [0, 0.05) is 7.05 Å². The number of aromatic amines is 1. The lowest BCUT2D eigenvalue weighted by molar-refractivity contribution is -0.131. The van der Waals surface area contributed by atoms with Crippen LogP contribution in [0.3, 0.4) is 0 Å². The van der Waals surface area contributed by atoms with Gasteiger partial charge in [-0.2, -0.15) is 0 Å². The van der Waals surface area contributed by atoms with Gasteiger partial charge in [-0.1, -0.05) is 12.1 Å². The molecular formula is C12H16N4O. The number of amides is 1. The summed E-state index contributed by atoms with van der Waals surface area (Å²) in [5, 5.41) is 0. The zero-order chi connectivity index (χ0) is 12.4. The average molecular weight is 232 g/mol. The Hall–Kier alpha value is -1.88. The lowest BCUT2D eigenvalue weighted by Crippen LogP contribution is -2.39. The summed E-state index contributed by atoms with van der Waals surface area (Å²) < 4.78 is 0. The highest BCUT2D eigenvalue weighted by atomic mass is 16.2. The zero-order valence-electron chi connectivity index (χ0n) is 9.97. The number of H-pyrrole nitrogens is 1. The third-order valence-electron chi connectivity index (χ3n) is 2.59. The number of para-hydroxylation sites is 2. The monoisotopic (exact) mass is 232 g/mol. The molecule has 1 heterocycles. The maximum atomic E-state index is 11.6. The van der Waals surface area contributed by atoms with Gasteiger partial charge in [0.2, 0.25) is 5.91 Å². The van der Waals surface area contributed by atoms with Gasteiger partial charge in [-0.3, -0.25) is 4.79 Å². The summed E-state index contributed by atoms with van der Waals surface area (Å²) in [6.45, 7) is 2.12. The van der Waals surface area contributed by atoms with Crippen LogP contribution in [0.4, 0.5) is 0 Å². The molecule has 0 aliphatic heterocycles. The Morgan fingerprint density at radius 2 is 2.24 bits per heavy atom. The number of rotatable bonds is 3. The summed E-state index contributed by atoms with van der Waals surface area (Å²) in [6, 6.07) is 7.29. The molecule has 0 saturated carbocycles. The second kappa shape index (κ2) is 4.55. The number of nitrogens with zero attached hydrogens (tertiary/aromatic N) is 2. The van der Waals surface area contributed by atoms with Gasteiger partial charge < -0.3 is 15.6 Å². The maximum absolute atomic E-state index is 11.6. The highest BCUT2D eigenvalue weighted by Crippen LogP contribution is 2.11. The normalized spacial score (nSPS) is 12.6. The van der Waals surface area contributed by atoms with Crippen molar-refractivity contribution in [3.63, 3.8) is 0 Å². The Kier molecular flexibility index (Phi) is 3.10. The summed E-state index contributed by atoms with van der Waals surface area (Å²) in [5.74, 6) is 0.674. The highest BCUT2D eigenvalue weighted by Gasteiger charge is 2.14. The van der Waals surface area contributed by atoms with Crippen molar-refractivity contribution in [2.45, 2.75) is 19.5 Å². The number of fused-ring (bicyclic) bond motifs is 1. The van der Waals surface area contributed by atoms with Crippen molar-refractivity contribution < 1.29 is 4.79 Å². The van der Waals surface area contributed by atoms with Crippen molar-refractivity contribution in [2.75, 3.05) is 7.05 Å². The first-order valence-corrected chi connectivity index (χ1v) is 5.52. The van der Waals surface area contributed by atoms with Crippen LogP contribution >= 0.6 is 0 Å². The largest absolute Gasteiger partial charge is 0.340 e. The summed E-state index contributed by atoms with van der Waals surface area (Å²) in [7, 11) is 1.72. The number of aromatic nitrogens is 2. The molecule has 90 valence electrons. The van der Waals surface area contributed by atoms with Gasteiger partial charge >= 0.3 is 0 Å². The van der Waals surface area contributed by atoms with Gasteiger partial charge in [-0.25, -0.2) is 4.98 Å². The Labute approximate surface area is 99.6 Å². The van der Waals surface area contributed by atoms with E-state index in [0.29, 0.717) is 6.54 Å². The van der Waals surface area contributed by atoms with Crippen LogP contribution in [0.25, 0.3) is 11.0 Å². The fourth-order valence-electron chi connectivity index (χ4n) is 1.73. The van der Waals surface area contributed by atoms with E-state index < -0.39 is 6.04 Å². The molecule has 3 N–H and O–H groups in total. The number of likely N-dealkylation sites (N-methyl/N-ethyl adjacent to an activating group) is 1. The molecule has 17 heavy (non-hydrogen) atoms. The van der Waals surface area contributed by atoms with Gasteiger partial charge in [0.15, 0.2) is 0 Å². The molecule has 5 heteroatoms. The summed E-state index contributed by atoms with van der Waals surface area (Å²) in [5.41, 5.74) is 7.43. The van der Waals surface area contributed by atoms with Crippen molar-refractivity contribution >= 4 is 16.9 Å². The number of carbonyl (C=O) groups excluding carboxylic acids is 1. The van der Waals surface area contributed by atoms with Gasteiger partial charge in [-0.15, -0.1) is 0 Å². The quantitative estimate of drug-likeness (QED) is 0.824. The topological polar surface area (TPSA) is 75.0 Å². The van der Waals surface area contributed by atoms with E-state index in [2.05, 4.69) is 9.97 Å². The van der Waals surface area contributed by atoms with Gasteiger partial charge in [0.05, 0.1) is 23.6 Å². The molecule has 1 aromatic carbocycles. The standard InChI is InChI=1S/C12H16N4O/c1-8(13)12(17)16(2)7-11-14-9-5-3-4-6-10(9)15-11/h3-6,8H,7,13H2,1-2H3,(H,14,15). The molecule has 0 bridgehead atoms. The molecule has 0 radical (unpaired) electrons. The molecule has 1 aromatic heterocycles. The minimum absolute atomic E-state index is 0.0922. The number of hydrogen-bond donors (Lipinski definition) is 2. The first-order chi connectivity index (χ1) is 8.08.